The third-order valence-electron chi connectivity index (χ3n) is 8.72. The zero-order chi connectivity index (χ0) is 29.2. The van der Waals surface area contributed by atoms with E-state index in [0.29, 0.717) is 46.0 Å². The van der Waals surface area contributed by atoms with E-state index in [1.165, 1.54) is 7.11 Å². The second-order valence-electron chi connectivity index (χ2n) is 11.7. The molecule has 222 valence electrons. The Morgan fingerprint density at radius 1 is 0.976 bits per heavy atom. The molecule has 3 saturated heterocycles. The molecule has 5 heterocycles. The van der Waals surface area contributed by atoms with Gasteiger partial charge in [-0.2, -0.15) is 0 Å². The minimum absolute atomic E-state index is 0.137. The molecule has 42 heavy (non-hydrogen) atoms. The van der Waals surface area contributed by atoms with Crippen molar-refractivity contribution in [2.75, 3.05) is 51.8 Å². The first-order valence-corrected chi connectivity index (χ1v) is 15.3. The SMILES string of the molecule is COC(=O)CC1CCN(Cc2cc(Oc3cnc(N4CCC5C(C4)CN5C)nc3)nc(-c3cc(Cl)cc(Cl)c3)c2)CC1. The number of piperidine rings is 2. The molecule has 2 aromatic heterocycles. The van der Waals surface area contributed by atoms with Gasteiger partial charge in [-0.1, -0.05) is 23.2 Å². The van der Waals surface area contributed by atoms with Gasteiger partial charge in [0.2, 0.25) is 11.8 Å². The molecule has 3 aromatic rings. The molecule has 0 saturated carbocycles. The van der Waals surface area contributed by atoms with Crippen molar-refractivity contribution >= 4 is 35.1 Å². The number of fused-ring (bicyclic) bond motifs is 1. The topological polar surface area (TPSA) is 83.9 Å². The van der Waals surface area contributed by atoms with Gasteiger partial charge in [-0.3, -0.25) is 9.69 Å². The van der Waals surface area contributed by atoms with Gasteiger partial charge in [-0.15, -0.1) is 0 Å². The molecule has 6 rings (SSSR count). The molecule has 3 aliphatic heterocycles. The van der Waals surface area contributed by atoms with Crippen LogP contribution in [0.25, 0.3) is 11.3 Å². The highest BCUT2D eigenvalue weighted by Gasteiger charge is 2.40. The van der Waals surface area contributed by atoms with Crippen LogP contribution < -0.4 is 9.64 Å². The monoisotopic (exact) mass is 610 g/mol. The molecule has 1 aromatic carbocycles. The quantitative estimate of drug-likeness (QED) is 0.305. The van der Waals surface area contributed by atoms with Crippen LogP contribution in [-0.2, 0) is 16.1 Å². The number of halogens is 2. The minimum Gasteiger partial charge on any atom is -0.469 e. The largest absolute Gasteiger partial charge is 0.469 e. The van der Waals surface area contributed by atoms with Crippen molar-refractivity contribution in [3.63, 3.8) is 0 Å². The molecule has 11 heteroatoms. The highest BCUT2D eigenvalue weighted by Crippen LogP contribution is 2.33. The third kappa shape index (κ3) is 6.80. The molecule has 2 atom stereocenters. The summed E-state index contributed by atoms with van der Waals surface area (Å²) in [6.45, 7) is 5.62. The molecule has 9 nitrogen and oxygen atoms in total. The first kappa shape index (κ1) is 29.1. The summed E-state index contributed by atoms with van der Waals surface area (Å²) >= 11 is 12.6. The number of anilines is 1. The lowest BCUT2D eigenvalue weighted by molar-refractivity contribution is -0.142. The molecule has 0 N–H and O–H groups in total. The Hall–Kier alpha value is -2.98. The Morgan fingerprint density at radius 2 is 1.71 bits per heavy atom. The Morgan fingerprint density at radius 3 is 2.38 bits per heavy atom. The molecule has 3 aliphatic rings. The average Bonchev–Trinajstić information content (AvgIpc) is 2.97. The minimum atomic E-state index is -0.137. The molecule has 2 unspecified atom stereocenters. The number of methoxy groups -OCH3 is 1. The van der Waals surface area contributed by atoms with E-state index in [4.69, 9.17) is 37.7 Å². The van der Waals surface area contributed by atoms with E-state index in [-0.39, 0.29) is 5.97 Å². The Kier molecular flexibility index (Phi) is 8.81. The molecule has 0 radical (unpaired) electrons. The van der Waals surface area contributed by atoms with Crippen LogP contribution in [0.15, 0.2) is 42.7 Å². The number of likely N-dealkylation sites (tertiary alicyclic amines) is 2. The van der Waals surface area contributed by atoms with Crippen molar-refractivity contribution < 1.29 is 14.3 Å². The summed E-state index contributed by atoms with van der Waals surface area (Å²) in [5, 5.41) is 1.09. The van der Waals surface area contributed by atoms with Gasteiger partial charge in [0.05, 0.1) is 25.2 Å². The number of esters is 1. The Bertz CT molecular complexity index is 1400. The maximum Gasteiger partial charge on any atom is 0.305 e. The fourth-order valence-electron chi connectivity index (χ4n) is 6.45. The number of carbonyl (C=O) groups is 1. The van der Waals surface area contributed by atoms with Gasteiger partial charge >= 0.3 is 5.97 Å². The van der Waals surface area contributed by atoms with Crippen molar-refractivity contribution in [1.82, 2.24) is 24.8 Å². The second-order valence-corrected chi connectivity index (χ2v) is 12.6. The smallest absolute Gasteiger partial charge is 0.305 e. The second kappa shape index (κ2) is 12.7. The van der Waals surface area contributed by atoms with Crippen molar-refractivity contribution in [2.24, 2.45) is 11.8 Å². The maximum atomic E-state index is 11.7. The van der Waals surface area contributed by atoms with Crippen LogP contribution in [0.4, 0.5) is 5.95 Å². The number of aromatic nitrogens is 3. The number of hydrogen-bond acceptors (Lipinski definition) is 9. The maximum absolute atomic E-state index is 11.7. The van der Waals surface area contributed by atoms with Crippen LogP contribution in [-0.4, -0.2) is 83.6 Å². The van der Waals surface area contributed by atoms with Gasteiger partial charge in [0.1, 0.15) is 0 Å². The Labute approximate surface area is 256 Å². The summed E-state index contributed by atoms with van der Waals surface area (Å²) in [7, 11) is 3.65. The summed E-state index contributed by atoms with van der Waals surface area (Å²) in [6, 6.07) is 10.1. The number of ether oxygens (including phenoxy) is 2. The molecule has 3 fully saturated rings. The summed E-state index contributed by atoms with van der Waals surface area (Å²) in [5.41, 5.74) is 2.59. The van der Waals surface area contributed by atoms with E-state index in [2.05, 4.69) is 37.8 Å². The van der Waals surface area contributed by atoms with E-state index >= 15 is 0 Å². The van der Waals surface area contributed by atoms with Crippen LogP contribution in [0.3, 0.4) is 0 Å². The summed E-state index contributed by atoms with van der Waals surface area (Å²) in [6.07, 6.45) is 6.97. The summed E-state index contributed by atoms with van der Waals surface area (Å²) in [4.78, 5) is 32.8. The zero-order valence-electron chi connectivity index (χ0n) is 24.0. The van der Waals surface area contributed by atoms with Gasteiger partial charge in [0.15, 0.2) is 5.75 Å². The first-order valence-electron chi connectivity index (χ1n) is 14.5. The van der Waals surface area contributed by atoms with Gasteiger partial charge in [0.25, 0.3) is 0 Å². The van der Waals surface area contributed by atoms with E-state index in [1.54, 1.807) is 18.5 Å². The van der Waals surface area contributed by atoms with E-state index in [1.807, 2.05) is 18.2 Å². The normalized spacial score (nSPS) is 21.5. The van der Waals surface area contributed by atoms with Crippen LogP contribution in [0.5, 0.6) is 11.6 Å². The lowest BCUT2D eigenvalue weighted by atomic mass is 9.83. The first-order chi connectivity index (χ1) is 20.3. The van der Waals surface area contributed by atoms with E-state index in [0.717, 1.165) is 81.3 Å². The van der Waals surface area contributed by atoms with Crippen LogP contribution >= 0.6 is 23.2 Å². The van der Waals surface area contributed by atoms with Crippen LogP contribution in [0.2, 0.25) is 10.0 Å². The summed E-state index contributed by atoms with van der Waals surface area (Å²) < 4.78 is 11.1. The molecule has 0 amide bonds. The molecular formula is C31H36Cl2N6O3. The number of carbonyl (C=O) groups excluding carboxylic acids is 1. The van der Waals surface area contributed by atoms with Gasteiger partial charge in [-0.05, 0) is 75.1 Å². The predicted molar refractivity (Wildman–Crippen MR) is 163 cm³/mol. The lowest BCUT2D eigenvalue weighted by Gasteiger charge is -2.51. The predicted octanol–water partition coefficient (Wildman–Crippen LogP) is 5.55. The average molecular weight is 612 g/mol. The number of rotatable bonds is 8. The highest BCUT2D eigenvalue weighted by atomic mass is 35.5. The highest BCUT2D eigenvalue weighted by molar-refractivity contribution is 6.35. The molecule has 0 bridgehead atoms. The standard InChI is InChI=1S/C31H36Cl2N6O3/c1-37-18-23-19-39(8-5-28(23)37)31-34-15-26(16-35-31)42-29-10-21(9-27(36-29)22-12-24(32)14-25(33)13-22)17-38-6-3-20(4-7-38)11-30(40)41-2/h9-10,12-16,20,23,28H,3-8,11,17-19H2,1-2H3. The van der Waals surface area contributed by atoms with Gasteiger partial charge < -0.3 is 19.3 Å². The van der Waals surface area contributed by atoms with Gasteiger partial charge in [-0.25, -0.2) is 15.0 Å². The number of pyridine rings is 1. The van der Waals surface area contributed by atoms with Crippen molar-refractivity contribution in [2.45, 2.75) is 38.3 Å². The van der Waals surface area contributed by atoms with Gasteiger partial charge in [0, 0.05) is 66.2 Å². The van der Waals surface area contributed by atoms with Crippen LogP contribution in [0.1, 0.15) is 31.2 Å². The number of benzene rings is 1. The Balaban J connectivity index is 1.18. The van der Waals surface area contributed by atoms with Crippen molar-refractivity contribution in [3.8, 4) is 22.9 Å². The fourth-order valence-corrected chi connectivity index (χ4v) is 6.98. The van der Waals surface area contributed by atoms with Crippen LogP contribution in [0, 0.1) is 11.8 Å². The number of nitrogens with zero attached hydrogens (tertiary/aromatic N) is 6. The number of hydrogen-bond donors (Lipinski definition) is 0. The zero-order valence-corrected chi connectivity index (χ0v) is 25.5. The third-order valence-corrected chi connectivity index (χ3v) is 9.15. The molecule has 0 aliphatic carbocycles. The lowest BCUT2D eigenvalue weighted by Crippen LogP contribution is -2.62. The molecular weight excluding hydrogens is 575 g/mol. The van der Waals surface area contributed by atoms with Crippen molar-refractivity contribution in [1.29, 1.82) is 0 Å². The van der Waals surface area contributed by atoms with E-state index in [9.17, 15) is 4.79 Å². The van der Waals surface area contributed by atoms with E-state index < -0.39 is 0 Å². The van der Waals surface area contributed by atoms with Crippen molar-refractivity contribution in [3.05, 3.63) is 58.3 Å². The molecule has 0 spiro atoms. The summed E-state index contributed by atoms with van der Waals surface area (Å²) in [5.74, 6) is 2.63. The fraction of sp³-hybridized carbons (Fsp3) is 0.484.